The summed E-state index contributed by atoms with van der Waals surface area (Å²) < 4.78 is 0. The van der Waals surface area contributed by atoms with Crippen molar-refractivity contribution in [3.05, 3.63) is 68.5 Å². The van der Waals surface area contributed by atoms with Crippen LogP contribution in [0.15, 0.2) is 52.9 Å². The molecule has 0 fully saturated rings. The fraction of sp³-hybridized carbons (Fsp3) is 0.111. The molecule has 2 aromatic heterocycles. The average Bonchev–Trinajstić information content (AvgIpc) is 3.31. The summed E-state index contributed by atoms with van der Waals surface area (Å²) in [4.78, 5) is 7.54. The van der Waals surface area contributed by atoms with Crippen LogP contribution in [-0.4, -0.2) is 27.4 Å². The second kappa shape index (κ2) is 6.63. The Morgan fingerprint density at radius 3 is 2.72 bits per heavy atom. The molecule has 0 saturated carbocycles. The van der Waals surface area contributed by atoms with Crippen LogP contribution in [0, 0.1) is 5.41 Å². The number of aliphatic hydroxyl groups excluding tert-OH is 1. The highest BCUT2D eigenvalue weighted by Crippen LogP contribution is 2.34. The van der Waals surface area contributed by atoms with Gasteiger partial charge < -0.3 is 10.0 Å². The summed E-state index contributed by atoms with van der Waals surface area (Å²) in [6.45, 7) is 0.872. The SMILES string of the molecule is N=C1C(c2nc(-c3cccs3)cs2)=C(O)CN1Cc1ccc(Cl)cc1. The predicted octanol–water partition coefficient (Wildman–Crippen LogP) is 5.29. The maximum absolute atomic E-state index is 10.4. The van der Waals surface area contributed by atoms with E-state index in [1.807, 2.05) is 52.1 Å². The Hall–Kier alpha value is -2.15. The van der Waals surface area contributed by atoms with Crippen molar-refractivity contribution in [2.75, 3.05) is 6.54 Å². The number of amidine groups is 1. The monoisotopic (exact) mass is 387 g/mol. The molecule has 3 aromatic rings. The number of nitrogens with zero attached hydrogens (tertiary/aromatic N) is 2. The van der Waals surface area contributed by atoms with Crippen molar-refractivity contribution in [3.63, 3.8) is 0 Å². The molecule has 0 unspecified atom stereocenters. The van der Waals surface area contributed by atoms with Gasteiger partial charge in [0.15, 0.2) is 0 Å². The number of hydrogen-bond acceptors (Lipinski definition) is 5. The van der Waals surface area contributed by atoms with Crippen molar-refractivity contribution in [1.29, 1.82) is 5.41 Å². The highest BCUT2D eigenvalue weighted by atomic mass is 35.5. The second-order valence-electron chi connectivity index (χ2n) is 5.67. The van der Waals surface area contributed by atoms with Crippen molar-refractivity contribution in [1.82, 2.24) is 9.88 Å². The summed E-state index contributed by atoms with van der Waals surface area (Å²) >= 11 is 9.00. The van der Waals surface area contributed by atoms with Gasteiger partial charge in [0.05, 0.1) is 22.7 Å². The number of halogens is 1. The van der Waals surface area contributed by atoms with Crippen molar-refractivity contribution in [3.8, 4) is 10.6 Å². The zero-order chi connectivity index (χ0) is 17.4. The number of hydrogen-bond donors (Lipinski definition) is 2. The van der Waals surface area contributed by atoms with E-state index in [0.717, 1.165) is 16.1 Å². The first kappa shape index (κ1) is 16.3. The van der Waals surface area contributed by atoms with E-state index < -0.39 is 0 Å². The van der Waals surface area contributed by atoms with Gasteiger partial charge in [-0.25, -0.2) is 4.98 Å². The molecule has 0 spiro atoms. The van der Waals surface area contributed by atoms with Crippen molar-refractivity contribution in [2.24, 2.45) is 0 Å². The fourth-order valence-electron chi connectivity index (χ4n) is 2.73. The van der Waals surface area contributed by atoms with Crippen LogP contribution in [0.3, 0.4) is 0 Å². The third-order valence-corrected chi connectivity index (χ3v) is 5.96. The number of benzene rings is 1. The van der Waals surface area contributed by atoms with Gasteiger partial charge in [0.2, 0.25) is 0 Å². The topological polar surface area (TPSA) is 60.2 Å². The van der Waals surface area contributed by atoms with E-state index in [9.17, 15) is 5.11 Å². The molecule has 25 heavy (non-hydrogen) atoms. The largest absolute Gasteiger partial charge is 0.510 e. The molecular formula is C18H14ClN3OS2. The first-order chi connectivity index (χ1) is 12.1. The molecule has 0 saturated heterocycles. The minimum absolute atomic E-state index is 0.200. The minimum atomic E-state index is 0.200. The van der Waals surface area contributed by atoms with E-state index in [1.54, 1.807) is 11.3 Å². The minimum Gasteiger partial charge on any atom is -0.510 e. The van der Waals surface area contributed by atoms with E-state index in [-0.39, 0.29) is 5.76 Å². The Morgan fingerprint density at radius 1 is 1.20 bits per heavy atom. The normalized spacial score (nSPS) is 14.6. The smallest absolute Gasteiger partial charge is 0.135 e. The first-order valence-corrected chi connectivity index (χ1v) is 9.76. The Labute approximate surface area is 158 Å². The Balaban J connectivity index is 1.55. The third kappa shape index (κ3) is 3.20. The molecule has 126 valence electrons. The number of thiazole rings is 1. The van der Waals surface area contributed by atoms with Crippen LogP contribution in [0.2, 0.25) is 5.02 Å². The van der Waals surface area contributed by atoms with E-state index in [1.165, 1.54) is 11.3 Å². The molecule has 0 amide bonds. The number of rotatable bonds is 4. The second-order valence-corrected chi connectivity index (χ2v) is 7.91. The van der Waals surface area contributed by atoms with Gasteiger partial charge in [0.25, 0.3) is 0 Å². The summed E-state index contributed by atoms with van der Waals surface area (Å²) in [6.07, 6.45) is 0. The van der Waals surface area contributed by atoms with Gasteiger partial charge >= 0.3 is 0 Å². The molecule has 7 heteroatoms. The van der Waals surface area contributed by atoms with E-state index in [0.29, 0.717) is 34.5 Å². The Bertz CT molecular complexity index is 945. The summed E-state index contributed by atoms with van der Waals surface area (Å²) in [5.74, 6) is 0.505. The lowest BCUT2D eigenvalue weighted by atomic mass is 10.2. The van der Waals surface area contributed by atoms with Crippen LogP contribution in [0.5, 0.6) is 0 Å². The number of aliphatic hydroxyl groups is 1. The van der Waals surface area contributed by atoms with Gasteiger partial charge in [-0.3, -0.25) is 5.41 Å². The quantitative estimate of drug-likeness (QED) is 0.639. The molecule has 1 aliphatic heterocycles. The summed E-state index contributed by atoms with van der Waals surface area (Å²) in [5, 5.41) is 24.2. The number of nitrogens with one attached hydrogen (secondary N) is 1. The van der Waals surface area contributed by atoms with Gasteiger partial charge in [0.1, 0.15) is 16.6 Å². The van der Waals surface area contributed by atoms with Crippen LogP contribution in [0.4, 0.5) is 0 Å². The summed E-state index contributed by atoms with van der Waals surface area (Å²) in [6, 6.07) is 11.5. The number of thiophene rings is 1. The van der Waals surface area contributed by atoms with Crippen molar-refractivity contribution in [2.45, 2.75) is 6.54 Å². The summed E-state index contributed by atoms with van der Waals surface area (Å²) in [5.41, 5.74) is 2.46. The highest BCUT2D eigenvalue weighted by Gasteiger charge is 2.30. The van der Waals surface area contributed by atoms with Gasteiger partial charge in [-0.05, 0) is 29.1 Å². The zero-order valence-electron chi connectivity index (χ0n) is 13.1. The number of aromatic nitrogens is 1. The Kier molecular flexibility index (Phi) is 4.33. The van der Waals surface area contributed by atoms with E-state index >= 15 is 0 Å². The van der Waals surface area contributed by atoms with Crippen molar-refractivity contribution >= 4 is 45.7 Å². The average molecular weight is 388 g/mol. The third-order valence-electron chi connectivity index (χ3n) is 3.96. The molecule has 0 bridgehead atoms. The van der Waals surface area contributed by atoms with E-state index in [4.69, 9.17) is 17.0 Å². The maximum atomic E-state index is 10.4. The van der Waals surface area contributed by atoms with Gasteiger partial charge in [0, 0.05) is 16.9 Å². The fourth-order valence-corrected chi connectivity index (χ4v) is 4.50. The predicted molar refractivity (Wildman–Crippen MR) is 105 cm³/mol. The molecule has 0 atom stereocenters. The lowest BCUT2D eigenvalue weighted by Gasteiger charge is -2.18. The first-order valence-electron chi connectivity index (χ1n) is 7.62. The zero-order valence-corrected chi connectivity index (χ0v) is 15.5. The summed E-state index contributed by atoms with van der Waals surface area (Å²) in [7, 11) is 0. The molecule has 4 rings (SSSR count). The molecule has 3 heterocycles. The lowest BCUT2D eigenvalue weighted by molar-refractivity contribution is 0.347. The molecule has 1 aliphatic rings. The van der Waals surface area contributed by atoms with Crippen LogP contribution in [-0.2, 0) is 6.54 Å². The molecule has 0 aliphatic carbocycles. The standard InChI is InChI=1S/C18H14ClN3OS2/c19-12-5-3-11(4-6-12)8-22-9-14(23)16(17(22)20)18-21-13(10-25-18)15-2-1-7-24-15/h1-7,10,20,23H,8-9H2. The lowest BCUT2D eigenvalue weighted by Crippen LogP contribution is -2.25. The molecule has 0 radical (unpaired) electrons. The van der Waals surface area contributed by atoms with Crippen molar-refractivity contribution < 1.29 is 5.11 Å². The molecule has 1 aromatic carbocycles. The highest BCUT2D eigenvalue weighted by molar-refractivity contribution is 7.14. The van der Waals surface area contributed by atoms with Gasteiger partial charge in [-0.1, -0.05) is 29.8 Å². The molecule has 2 N–H and O–H groups in total. The van der Waals surface area contributed by atoms with Crippen LogP contribution >= 0.6 is 34.3 Å². The molecule has 4 nitrogen and oxygen atoms in total. The van der Waals surface area contributed by atoms with Crippen LogP contribution < -0.4 is 0 Å². The Morgan fingerprint density at radius 2 is 2.00 bits per heavy atom. The van der Waals surface area contributed by atoms with Crippen LogP contribution in [0.25, 0.3) is 16.1 Å². The molecular weight excluding hydrogens is 374 g/mol. The maximum Gasteiger partial charge on any atom is 0.135 e. The van der Waals surface area contributed by atoms with Crippen LogP contribution in [0.1, 0.15) is 10.6 Å². The van der Waals surface area contributed by atoms with Gasteiger partial charge in [-0.2, -0.15) is 0 Å². The van der Waals surface area contributed by atoms with Gasteiger partial charge in [-0.15, -0.1) is 22.7 Å². The van der Waals surface area contributed by atoms with E-state index in [2.05, 4.69) is 4.98 Å².